The monoisotopic (exact) mass is 444 g/mol. The van der Waals surface area contributed by atoms with Gasteiger partial charge in [0.25, 0.3) is 0 Å². The first-order valence-corrected chi connectivity index (χ1v) is 10.8. The standard InChI is InChI=1S/C24H24N6O3/c1-33-21-8-3-2-7-20(21)28-9-11-29(12-10-28)22-19-14-27-30(23(19)26-16-25-22)15-17-5-4-6-18(13-17)24(31)32/h2-8,13-14,16H,9-12,15H2,1H3,(H,31,32). The maximum absolute atomic E-state index is 11.3. The highest BCUT2D eigenvalue weighted by Gasteiger charge is 2.23. The smallest absolute Gasteiger partial charge is 0.335 e. The summed E-state index contributed by atoms with van der Waals surface area (Å²) in [4.78, 5) is 24.9. The number of carboxylic acid groups (broad SMARTS) is 1. The van der Waals surface area contributed by atoms with Crippen molar-refractivity contribution in [2.75, 3.05) is 43.1 Å². The van der Waals surface area contributed by atoms with E-state index in [1.807, 2.05) is 24.3 Å². The average Bonchev–Trinajstić information content (AvgIpc) is 3.27. The molecule has 9 nitrogen and oxygen atoms in total. The molecular weight excluding hydrogens is 420 g/mol. The zero-order valence-corrected chi connectivity index (χ0v) is 18.3. The Morgan fingerprint density at radius 2 is 1.82 bits per heavy atom. The molecule has 1 fully saturated rings. The minimum absolute atomic E-state index is 0.257. The quantitative estimate of drug-likeness (QED) is 0.485. The third-order valence-corrected chi connectivity index (χ3v) is 5.92. The van der Waals surface area contributed by atoms with Gasteiger partial charge in [-0.1, -0.05) is 24.3 Å². The number of anilines is 2. The average molecular weight is 444 g/mol. The van der Waals surface area contributed by atoms with Gasteiger partial charge in [-0.25, -0.2) is 19.4 Å². The van der Waals surface area contributed by atoms with Crippen LogP contribution >= 0.6 is 0 Å². The van der Waals surface area contributed by atoms with Crippen LogP contribution in [0.3, 0.4) is 0 Å². The number of ether oxygens (including phenoxy) is 1. The van der Waals surface area contributed by atoms with Gasteiger partial charge in [0.15, 0.2) is 5.65 Å². The molecule has 5 rings (SSSR count). The van der Waals surface area contributed by atoms with Gasteiger partial charge in [0.1, 0.15) is 17.9 Å². The molecule has 0 amide bonds. The van der Waals surface area contributed by atoms with E-state index < -0.39 is 5.97 Å². The Kier molecular flexibility index (Phi) is 5.52. The van der Waals surface area contributed by atoms with E-state index in [0.717, 1.165) is 60.0 Å². The highest BCUT2D eigenvalue weighted by atomic mass is 16.5. The molecule has 33 heavy (non-hydrogen) atoms. The summed E-state index contributed by atoms with van der Waals surface area (Å²) in [5, 5.41) is 14.7. The minimum Gasteiger partial charge on any atom is -0.495 e. The van der Waals surface area contributed by atoms with Crippen molar-refractivity contribution in [2.24, 2.45) is 0 Å². The Labute approximate surface area is 190 Å². The first kappa shape index (κ1) is 20.7. The fraction of sp³-hybridized carbons (Fsp3) is 0.250. The fourth-order valence-electron chi connectivity index (χ4n) is 4.27. The molecule has 9 heteroatoms. The van der Waals surface area contributed by atoms with E-state index in [1.165, 1.54) is 0 Å². The van der Waals surface area contributed by atoms with E-state index in [4.69, 9.17) is 4.74 Å². The number of aromatic carboxylic acids is 1. The van der Waals surface area contributed by atoms with Gasteiger partial charge in [-0.2, -0.15) is 5.10 Å². The van der Waals surface area contributed by atoms with E-state index in [2.05, 4.69) is 30.9 Å². The maximum atomic E-state index is 11.3. The Morgan fingerprint density at radius 1 is 1.03 bits per heavy atom. The molecule has 0 aliphatic carbocycles. The largest absolute Gasteiger partial charge is 0.495 e. The zero-order chi connectivity index (χ0) is 22.8. The third kappa shape index (κ3) is 4.05. The Morgan fingerprint density at radius 3 is 2.61 bits per heavy atom. The summed E-state index contributed by atoms with van der Waals surface area (Å²) in [6.45, 7) is 3.76. The van der Waals surface area contributed by atoms with Crippen LogP contribution in [-0.4, -0.2) is 64.1 Å². The fourth-order valence-corrected chi connectivity index (χ4v) is 4.27. The number of nitrogens with zero attached hydrogens (tertiary/aromatic N) is 6. The number of piperazine rings is 1. The van der Waals surface area contributed by atoms with E-state index in [1.54, 1.807) is 42.5 Å². The van der Waals surface area contributed by atoms with Gasteiger partial charge in [-0.15, -0.1) is 0 Å². The zero-order valence-electron chi connectivity index (χ0n) is 18.3. The summed E-state index contributed by atoms with van der Waals surface area (Å²) in [5.41, 5.74) is 2.94. The summed E-state index contributed by atoms with van der Waals surface area (Å²) in [6, 6.07) is 14.9. The van der Waals surface area contributed by atoms with Crippen LogP contribution in [0.5, 0.6) is 5.75 Å². The summed E-state index contributed by atoms with van der Waals surface area (Å²) in [5.74, 6) is 0.799. The molecule has 1 aliphatic rings. The highest BCUT2D eigenvalue weighted by Crippen LogP contribution is 2.30. The van der Waals surface area contributed by atoms with Crippen molar-refractivity contribution < 1.29 is 14.6 Å². The van der Waals surface area contributed by atoms with Crippen molar-refractivity contribution in [2.45, 2.75) is 6.54 Å². The van der Waals surface area contributed by atoms with Crippen LogP contribution in [0.4, 0.5) is 11.5 Å². The highest BCUT2D eigenvalue weighted by molar-refractivity contribution is 5.88. The van der Waals surface area contributed by atoms with Crippen molar-refractivity contribution in [3.8, 4) is 5.75 Å². The summed E-state index contributed by atoms with van der Waals surface area (Å²) in [7, 11) is 1.70. The molecule has 2 aromatic heterocycles. The maximum Gasteiger partial charge on any atom is 0.335 e. The molecule has 0 spiro atoms. The van der Waals surface area contributed by atoms with E-state index in [9.17, 15) is 9.90 Å². The number of hydrogen-bond acceptors (Lipinski definition) is 7. The SMILES string of the molecule is COc1ccccc1N1CCN(c2ncnc3c2cnn3Cc2cccc(C(=O)O)c2)CC1. The molecule has 4 aromatic rings. The van der Waals surface area contributed by atoms with Crippen LogP contribution in [0, 0.1) is 0 Å². The van der Waals surface area contributed by atoms with Crippen LogP contribution in [-0.2, 0) is 6.54 Å². The van der Waals surface area contributed by atoms with E-state index in [0.29, 0.717) is 6.54 Å². The van der Waals surface area contributed by atoms with Gasteiger partial charge in [-0.3, -0.25) is 0 Å². The normalized spacial score (nSPS) is 14.0. The van der Waals surface area contributed by atoms with Crippen LogP contribution < -0.4 is 14.5 Å². The van der Waals surface area contributed by atoms with Crippen LogP contribution in [0.1, 0.15) is 15.9 Å². The number of rotatable bonds is 6. The van der Waals surface area contributed by atoms with Crippen LogP contribution in [0.25, 0.3) is 11.0 Å². The van der Waals surface area contributed by atoms with Crippen molar-refractivity contribution in [3.63, 3.8) is 0 Å². The van der Waals surface area contributed by atoms with Gasteiger partial charge in [-0.05, 0) is 29.8 Å². The molecule has 0 saturated carbocycles. The lowest BCUT2D eigenvalue weighted by atomic mass is 10.1. The second kappa shape index (κ2) is 8.78. The molecule has 3 heterocycles. The second-order valence-corrected chi connectivity index (χ2v) is 7.89. The summed E-state index contributed by atoms with van der Waals surface area (Å²) < 4.78 is 7.30. The van der Waals surface area contributed by atoms with Gasteiger partial charge in [0.05, 0.1) is 36.5 Å². The molecule has 1 aliphatic heterocycles. The van der Waals surface area contributed by atoms with Crippen molar-refractivity contribution in [3.05, 3.63) is 72.2 Å². The number of aromatic nitrogens is 4. The third-order valence-electron chi connectivity index (χ3n) is 5.92. The second-order valence-electron chi connectivity index (χ2n) is 7.89. The van der Waals surface area contributed by atoms with Crippen molar-refractivity contribution in [1.82, 2.24) is 19.7 Å². The molecule has 0 radical (unpaired) electrons. The molecule has 2 aromatic carbocycles. The number of hydrogen-bond donors (Lipinski definition) is 1. The number of para-hydroxylation sites is 2. The first-order valence-electron chi connectivity index (χ1n) is 10.8. The molecule has 0 atom stereocenters. The molecule has 0 bridgehead atoms. The van der Waals surface area contributed by atoms with Crippen LogP contribution in [0.15, 0.2) is 61.1 Å². The molecule has 1 N–H and O–H groups in total. The van der Waals surface area contributed by atoms with Gasteiger partial charge in [0.2, 0.25) is 0 Å². The van der Waals surface area contributed by atoms with Gasteiger partial charge in [0, 0.05) is 26.2 Å². The number of carbonyl (C=O) groups is 1. The van der Waals surface area contributed by atoms with Crippen molar-refractivity contribution >= 4 is 28.5 Å². The number of fused-ring (bicyclic) bond motifs is 1. The van der Waals surface area contributed by atoms with Gasteiger partial charge >= 0.3 is 5.97 Å². The molecule has 1 saturated heterocycles. The lowest BCUT2D eigenvalue weighted by molar-refractivity contribution is 0.0696. The first-order chi connectivity index (χ1) is 16.1. The topological polar surface area (TPSA) is 96.6 Å². The number of methoxy groups -OCH3 is 1. The summed E-state index contributed by atoms with van der Waals surface area (Å²) in [6.07, 6.45) is 3.36. The Balaban J connectivity index is 1.36. The lowest BCUT2D eigenvalue weighted by Crippen LogP contribution is -2.47. The number of carboxylic acids is 1. The Bertz CT molecular complexity index is 1300. The molecule has 0 unspecified atom stereocenters. The molecule has 168 valence electrons. The lowest BCUT2D eigenvalue weighted by Gasteiger charge is -2.37. The molecular formula is C24H24N6O3. The van der Waals surface area contributed by atoms with Crippen molar-refractivity contribution in [1.29, 1.82) is 0 Å². The van der Waals surface area contributed by atoms with E-state index in [-0.39, 0.29) is 5.56 Å². The van der Waals surface area contributed by atoms with Crippen LogP contribution in [0.2, 0.25) is 0 Å². The van der Waals surface area contributed by atoms with Gasteiger partial charge < -0.3 is 19.6 Å². The Hall–Kier alpha value is -4.14. The predicted octanol–water partition coefficient (Wildman–Crippen LogP) is 2.91. The summed E-state index contributed by atoms with van der Waals surface area (Å²) >= 11 is 0. The number of benzene rings is 2. The van der Waals surface area contributed by atoms with E-state index >= 15 is 0 Å². The predicted molar refractivity (Wildman–Crippen MR) is 125 cm³/mol. The minimum atomic E-state index is -0.945.